The van der Waals surface area contributed by atoms with Crippen molar-refractivity contribution >= 4 is 16.7 Å². The van der Waals surface area contributed by atoms with Gasteiger partial charge in [-0.05, 0) is 44.5 Å². The fourth-order valence-corrected chi connectivity index (χ4v) is 4.07. The third-order valence-corrected chi connectivity index (χ3v) is 5.21. The largest absolute Gasteiger partial charge is 0.358 e. The molecule has 1 aliphatic rings. The summed E-state index contributed by atoms with van der Waals surface area (Å²) in [6.45, 7) is 3.47. The number of Topliss-reactive ketones (excluding diaryl/α,β-unsaturated/α-hetero) is 1. The highest BCUT2D eigenvalue weighted by Crippen LogP contribution is 2.32. The van der Waals surface area contributed by atoms with E-state index in [0.717, 1.165) is 41.5 Å². The summed E-state index contributed by atoms with van der Waals surface area (Å²) in [6, 6.07) is 12.7. The molecule has 0 aliphatic carbocycles. The van der Waals surface area contributed by atoms with Crippen LogP contribution in [0.5, 0.6) is 0 Å². The van der Waals surface area contributed by atoms with Gasteiger partial charge in [0.05, 0.1) is 12.6 Å². The first-order valence-corrected chi connectivity index (χ1v) is 8.61. The zero-order valence-corrected chi connectivity index (χ0v) is 14.2. The van der Waals surface area contributed by atoms with E-state index in [1.165, 1.54) is 5.69 Å². The van der Waals surface area contributed by atoms with Gasteiger partial charge in [0.2, 0.25) is 0 Å². The lowest BCUT2D eigenvalue weighted by Gasteiger charge is -2.24. The molecule has 1 aliphatic heterocycles. The topological polar surface area (TPSA) is 41.0 Å². The molecule has 2 aromatic heterocycles. The van der Waals surface area contributed by atoms with Gasteiger partial charge in [-0.15, -0.1) is 0 Å². The molecule has 0 amide bonds. The van der Waals surface area contributed by atoms with Crippen LogP contribution in [0.2, 0.25) is 0 Å². The number of aromatic nitrogens is 2. The second kappa shape index (κ2) is 5.95. The summed E-state index contributed by atoms with van der Waals surface area (Å²) in [5.74, 6) is 0.214. The number of carbonyl (C=O) groups excluding carboxylic acids is 1. The summed E-state index contributed by atoms with van der Waals surface area (Å²) < 4.78 is 2.17. The van der Waals surface area contributed by atoms with Crippen molar-refractivity contribution in [1.82, 2.24) is 14.5 Å². The summed E-state index contributed by atoms with van der Waals surface area (Å²) in [6.07, 6.45) is 4.35. The van der Waals surface area contributed by atoms with E-state index in [2.05, 4.69) is 39.8 Å². The number of benzene rings is 1. The number of hydrogen-bond acceptors (Lipinski definition) is 2. The Kier molecular flexibility index (Phi) is 3.77. The number of fused-ring (bicyclic) bond motifs is 1. The predicted octanol–water partition coefficient (Wildman–Crippen LogP) is 3.83. The Morgan fingerprint density at radius 3 is 2.88 bits per heavy atom. The first kappa shape index (κ1) is 15.2. The van der Waals surface area contributed by atoms with Crippen LogP contribution in [0.25, 0.3) is 10.9 Å². The first-order chi connectivity index (χ1) is 11.6. The maximum absolute atomic E-state index is 13.0. The third kappa shape index (κ3) is 2.47. The lowest BCUT2D eigenvalue weighted by atomic mass is 10.1. The van der Waals surface area contributed by atoms with Crippen LogP contribution in [-0.4, -0.2) is 33.3 Å². The number of H-pyrrole nitrogens is 1. The lowest BCUT2D eigenvalue weighted by Crippen LogP contribution is -2.30. The van der Waals surface area contributed by atoms with E-state index in [4.69, 9.17) is 0 Å². The Hall–Kier alpha value is -2.33. The normalized spacial score (nSPS) is 18.5. The van der Waals surface area contributed by atoms with Crippen molar-refractivity contribution in [3.8, 4) is 0 Å². The number of likely N-dealkylation sites (tertiary alicyclic amines) is 1. The van der Waals surface area contributed by atoms with Gasteiger partial charge in [-0.3, -0.25) is 9.69 Å². The van der Waals surface area contributed by atoms with E-state index in [-0.39, 0.29) is 5.78 Å². The molecule has 0 bridgehead atoms. The van der Waals surface area contributed by atoms with Crippen molar-refractivity contribution < 1.29 is 4.79 Å². The van der Waals surface area contributed by atoms with Crippen molar-refractivity contribution in [2.75, 3.05) is 13.1 Å². The van der Waals surface area contributed by atoms with Crippen LogP contribution in [0.15, 0.2) is 42.6 Å². The summed E-state index contributed by atoms with van der Waals surface area (Å²) in [5.41, 5.74) is 4.16. The number of ketones is 1. The Morgan fingerprint density at radius 1 is 1.25 bits per heavy atom. The molecule has 1 atom stereocenters. The molecule has 1 aromatic carbocycles. The van der Waals surface area contributed by atoms with Gasteiger partial charge < -0.3 is 9.55 Å². The van der Waals surface area contributed by atoms with E-state index in [1.807, 2.05) is 31.2 Å². The number of rotatable bonds is 4. The van der Waals surface area contributed by atoms with E-state index < -0.39 is 0 Å². The van der Waals surface area contributed by atoms with Crippen LogP contribution in [0.1, 0.15) is 40.6 Å². The van der Waals surface area contributed by atoms with Crippen molar-refractivity contribution in [2.24, 2.45) is 7.05 Å². The fraction of sp³-hybridized carbons (Fsp3) is 0.350. The third-order valence-electron chi connectivity index (χ3n) is 5.21. The maximum Gasteiger partial charge on any atom is 0.179 e. The molecule has 0 unspecified atom stereocenters. The number of nitrogens with zero attached hydrogens (tertiary/aromatic N) is 2. The quantitative estimate of drug-likeness (QED) is 0.742. The van der Waals surface area contributed by atoms with E-state index in [1.54, 1.807) is 0 Å². The second-order valence-electron chi connectivity index (χ2n) is 6.77. The molecule has 4 rings (SSSR count). The Labute approximate surface area is 142 Å². The average molecular weight is 321 g/mol. The van der Waals surface area contributed by atoms with Gasteiger partial charge in [0.1, 0.15) is 0 Å². The zero-order valence-electron chi connectivity index (χ0n) is 14.2. The van der Waals surface area contributed by atoms with E-state index in [9.17, 15) is 4.79 Å². The number of aryl methyl sites for hydroxylation is 2. The molecule has 0 saturated carbocycles. The molecule has 3 aromatic rings. The number of para-hydroxylation sites is 1. The smallest absolute Gasteiger partial charge is 0.179 e. The van der Waals surface area contributed by atoms with Crippen LogP contribution >= 0.6 is 0 Å². The van der Waals surface area contributed by atoms with Gasteiger partial charge in [-0.2, -0.15) is 0 Å². The van der Waals surface area contributed by atoms with Crippen LogP contribution in [-0.2, 0) is 7.05 Å². The second-order valence-corrected chi connectivity index (χ2v) is 6.77. The van der Waals surface area contributed by atoms with Crippen molar-refractivity contribution in [3.63, 3.8) is 0 Å². The van der Waals surface area contributed by atoms with Crippen LogP contribution in [0.4, 0.5) is 0 Å². The molecule has 24 heavy (non-hydrogen) atoms. The molecule has 1 N–H and O–H groups in total. The minimum absolute atomic E-state index is 0.214. The van der Waals surface area contributed by atoms with Gasteiger partial charge in [0.15, 0.2) is 5.78 Å². The van der Waals surface area contributed by atoms with Gasteiger partial charge in [-0.25, -0.2) is 0 Å². The Morgan fingerprint density at radius 2 is 2.08 bits per heavy atom. The van der Waals surface area contributed by atoms with Crippen molar-refractivity contribution in [1.29, 1.82) is 0 Å². The summed E-state index contributed by atoms with van der Waals surface area (Å²) in [7, 11) is 2.08. The van der Waals surface area contributed by atoms with E-state index in [0.29, 0.717) is 12.6 Å². The lowest BCUT2D eigenvalue weighted by molar-refractivity contribution is 0.0920. The Balaban J connectivity index is 1.61. The van der Waals surface area contributed by atoms with Crippen molar-refractivity contribution in [3.05, 3.63) is 59.5 Å². The summed E-state index contributed by atoms with van der Waals surface area (Å²) in [4.78, 5) is 18.7. The molecular weight excluding hydrogens is 298 g/mol. The Bertz CT molecular complexity index is 889. The highest BCUT2D eigenvalue weighted by molar-refractivity contribution is 6.10. The van der Waals surface area contributed by atoms with Crippen LogP contribution in [0.3, 0.4) is 0 Å². The van der Waals surface area contributed by atoms with E-state index >= 15 is 0 Å². The molecule has 1 fully saturated rings. The molecule has 0 radical (unpaired) electrons. The highest BCUT2D eigenvalue weighted by Gasteiger charge is 2.30. The van der Waals surface area contributed by atoms with Crippen LogP contribution < -0.4 is 0 Å². The van der Waals surface area contributed by atoms with Crippen LogP contribution in [0, 0.1) is 6.92 Å². The SMILES string of the molecule is Cc1[nH]c2ccccc2c1C(=O)CN1CCC[C@@H]1c1cccn1C. The minimum Gasteiger partial charge on any atom is -0.358 e. The monoisotopic (exact) mass is 321 g/mol. The number of hydrogen-bond donors (Lipinski definition) is 1. The number of carbonyl (C=O) groups is 1. The predicted molar refractivity (Wildman–Crippen MR) is 96.3 cm³/mol. The first-order valence-electron chi connectivity index (χ1n) is 8.61. The van der Waals surface area contributed by atoms with Gasteiger partial charge in [-0.1, -0.05) is 18.2 Å². The zero-order chi connectivity index (χ0) is 16.7. The fourth-order valence-electron chi connectivity index (χ4n) is 4.07. The molecular formula is C20H23N3O. The number of aromatic amines is 1. The summed E-state index contributed by atoms with van der Waals surface area (Å²) >= 11 is 0. The molecule has 124 valence electrons. The molecule has 4 nitrogen and oxygen atoms in total. The maximum atomic E-state index is 13.0. The molecule has 3 heterocycles. The molecule has 4 heteroatoms. The van der Waals surface area contributed by atoms with Gasteiger partial charge >= 0.3 is 0 Å². The standard InChI is InChI=1S/C20H23N3O/c1-14-20(15-7-3-4-8-16(15)21-14)19(24)13-23-12-6-10-18(23)17-9-5-11-22(17)2/h3-5,7-9,11,18,21H,6,10,12-13H2,1-2H3/t18-/m1/s1. The van der Waals surface area contributed by atoms with Crippen molar-refractivity contribution in [2.45, 2.75) is 25.8 Å². The average Bonchev–Trinajstić information content (AvgIpc) is 3.24. The van der Waals surface area contributed by atoms with Gasteiger partial charge in [0, 0.05) is 41.1 Å². The minimum atomic E-state index is 0.214. The summed E-state index contributed by atoms with van der Waals surface area (Å²) in [5, 5.41) is 1.04. The molecule has 0 spiro atoms. The number of nitrogens with one attached hydrogen (secondary N) is 1. The molecule has 1 saturated heterocycles. The highest BCUT2D eigenvalue weighted by atomic mass is 16.1. The van der Waals surface area contributed by atoms with Gasteiger partial charge in [0.25, 0.3) is 0 Å².